The molecule has 2 heterocycles. The van der Waals surface area contributed by atoms with E-state index in [0.717, 1.165) is 18.6 Å². The molecular formula is C10H9NO4. The minimum absolute atomic E-state index is 0.132. The van der Waals surface area contributed by atoms with Crippen LogP contribution in [0.3, 0.4) is 0 Å². The molecule has 15 heavy (non-hydrogen) atoms. The molecule has 2 aromatic heterocycles. The van der Waals surface area contributed by atoms with Gasteiger partial charge in [-0.25, -0.2) is 9.78 Å². The van der Waals surface area contributed by atoms with Gasteiger partial charge in [-0.15, -0.1) is 0 Å². The average molecular weight is 207 g/mol. The fraction of sp³-hybridized carbons (Fsp3) is 0.200. The number of carbonyl (C=O) groups is 1. The molecule has 5 nitrogen and oxygen atoms in total. The van der Waals surface area contributed by atoms with Gasteiger partial charge in [0.1, 0.15) is 5.76 Å². The number of hydrogen-bond acceptors (Lipinski definition) is 4. The molecule has 1 N–H and O–H groups in total. The van der Waals surface area contributed by atoms with Crippen LogP contribution in [0.25, 0.3) is 11.5 Å². The SMILES string of the molecule is CCc1ccc(-c2ocnc2C(=O)O)o1. The lowest BCUT2D eigenvalue weighted by molar-refractivity contribution is 0.0691. The maximum atomic E-state index is 10.8. The molecular weight excluding hydrogens is 198 g/mol. The molecule has 5 heteroatoms. The largest absolute Gasteiger partial charge is 0.476 e. The molecule has 0 spiro atoms. The van der Waals surface area contributed by atoms with Gasteiger partial charge >= 0.3 is 5.97 Å². The summed E-state index contributed by atoms with van der Waals surface area (Å²) >= 11 is 0. The summed E-state index contributed by atoms with van der Waals surface area (Å²) in [6.07, 6.45) is 1.84. The summed E-state index contributed by atoms with van der Waals surface area (Å²) in [6, 6.07) is 3.45. The molecule has 0 aliphatic carbocycles. The lowest BCUT2D eigenvalue weighted by atomic mass is 10.3. The van der Waals surface area contributed by atoms with Crippen LogP contribution in [0, 0.1) is 0 Å². The summed E-state index contributed by atoms with van der Waals surface area (Å²) in [5.74, 6) is 0.190. The van der Waals surface area contributed by atoms with Crippen LogP contribution in [0.2, 0.25) is 0 Å². The van der Waals surface area contributed by atoms with Gasteiger partial charge < -0.3 is 13.9 Å². The van der Waals surface area contributed by atoms with Crippen LogP contribution in [0.15, 0.2) is 27.4 Å². The minimum atomic E-state index is -1.13. The first-order chi connectivity index (χ1) is 7.22. The highest BCUT2D eigenvalue weighted by molar-refractivity contribution is 5.91. The van der Waals surface area contributed by atoms with E-state index < -0.39 is 5.97 Å². The third-order valence-corrected chi connectivity index (χ3v) is 2.00. The second-order valence-corrected chi connectivity index (χ2v) is 2.95. The Morgan fingerprint density at radius 2 is 2.33 bits per heavy atom. The van der Waals surface area contributed by atoms with Crippen LogP contribution in [0.4, 0.5) is 0 Å². The Morgan fingerprint density at radius 1 is 1.53 bits per heavy atom. The van der Waals surface area contributed by atoms with E-state index in [0.29, 0.717) is 5.76 Å². The number of carboxylic acids is 1. The van der Waals surface area contributed by atoms with Crippen LogP contribution in [-0.4, -0.2) is 16.1 Å². The molecule has 0 bridgehead atoms. The molecule has 2 aromatic rings. The van der Waals surface area contributed by atoms with Gasteiger partial charge in [-0.05, 0) is 12.1 Å². The normalized spacial score (nSPS) is 10.5. The minimum Gasteiger partial charge on any atom is -0.476 e. The van der Waals surface area contributed by atoms with Gasteiger partial charge in [-0.3, -0.25) is 0 Å². The summed E-state index contributed by atoms with van der Waals surface area (Å²) in [5, 5.41) is 8.82. The molecule has 0 aromatic carbocycles. The van der Waals surface area contributed by atoms with E-state index in [2.05, 4.69) is 4.98 Å². The summed E-state index contributed by atoms with van der Waals surface area (Å²) in [5.41, 5.74) is -0.132. The van der Waals surface area contributed by atoms with Crippen LogP contribution in [0.1, 0.15) is 23.2 Å². The second-order valence-electron chi connectivity index (χ2n) is 2.95. The Bertz CT molecular complexity index is 483. The number of aryl methyl sites for hydroxylation is 1. The zero-order chi connectivity index (χ0) is 10.8. The van der Waals surface area contributed by atoms with Crippen molar-refractivity contribution < 1.29 is 18.7 Å². The van der Waals surface area contributed by atoms with E-state index >= 15 is 0 Å². The van der Waals surface area contributed by atoms with Gasteiger partial charge in [0.2, 0.25) is 5.76 Å². The molecule has 0 atom stereocenters. The zero-order valence-electron chi connectivity index (χ0n) is 8.06. The smallest absolute Gasteiger partial charge is 0.358 e. The quantitative estimate of drug-likeness (QED) is 0.834. The maximum Gasteiger partial charge on any atom is 0.358 e. The maximum absolute atomic E-state index is 10.8. The van der Waals surface area contributed by atoms with E-state index in [1.54, 1.807) is 12.1 Å². The number of rotatable bonds is 3. The topological polar surface area (TPSA) is 76.5 Å². The zero-order valence-corrected chi connectivity index (χ0v) is 8.06. The van der Waals surface area contributed by atoms with Crippen LogP contribution in [0.5, 0.6) is 0 Å². The predicted molar refractivity (Wildman–Crippen MR) is 50.5 cm³/mol. The Kier molecular flexibility index (Phi) is 2.29. The summed E-state index contributed by atoms with van der Waals surface area (Å²) in [6.45, 7) is 1.95. The molecule has 0 aliphatic heterocycles. The summed E-state index contributed by atoms with van der Waals surface area (Å²) < 4.78 is 10.4. The van der Waals surface area contributed by atoms with Gasteiger partial charge in [-0.2, -0.15) is 0 Å². The van der Waals surface area contributed by atoms with Gasteiger partial charge in [0, 0.05) is 6.42 Å². The first-order valence-corrected chi connectivity index (χ1v) is 4.48. The van der Waals surface area contributed by atoms with Crippen molar-refractivity contribution in [1.82, 2.24) is 4.98 Å². The monoisotopic (exact) mass is 207 g/mol. The molecule has 0 aliphatic rings. The van der Waals surface area contributed by atoms with E-state index in [1.165, 1.54) is 0 Å². The summed E-state index contributed by atoms with van der Waals surface area (Å²) in [7, 11) is 0. The molecule has 78 valence electrons. The predicted octanol–water partition coefficient (Wildman–Crippen LogP) is 2.20. The molecule has 2 rings (SSSR count). The highest BCUT2D eigenvalue weighted by atomic mass is 16.4. The van der Waals surface area contributed by atoms with E-state index in [9.17, 15) is 4.79 Å². The molecule has 0 unspecified atom stereocenters. The Labute approximate surface area is 85.3 Å². The average Bonchev–Trinajstić information content (AvgIpc) is 2.85. The van der Waals surface area contributed by atoms with Crippen molar-refractivity contribution in [2.75, 3.05) is 0 Å². The van der Waals surface area contributed by atoms with Gasteiger partial charge in [-0.1, -0.05) is 6.92 Å². The van der Waals surface area contributed by atoms with Crippen molar-refractivity contribution in [2.24, 2.45) is 0 Å². The Morgan fingerprint density at radius 3 is 2.93 bits per heavy atom. The van der Waals surface area contributed by atoms with E-state index in [-0.39, 0.29) is 11.5 Å². The number of carboxylic acid groups (broad SMARTS) is 1. The third-order valence-electron chi connectivity index (χ3n) is 2.00. The van der Waals surface area contributed by atoms with Crippen molar-refractivity contribution >= 4 is 5.97 Å². The van der Waals surface area contributed by atoms with Gasteiger partial charge in [0.15, 0.2) is 17.8 Å². The third kappa shape index (κ3) is 1.63. The number of aromatic carboxylic acids is 1. The van der Waals surface area contributed by atoms with Crippen LogP contribution >= 0.6 is 0 Å². The molecule has 0 radical (unpaired) electrons. The molecule has 0 fully saturated rings. The highest BCUT2D eigenvalue weighted by Crippen LogP contribution is 2.25. The Balaban J connectivity index is 2.44. The van der Waals surface area contributed by atoms with Gasteiger partial charge in [0.05, 0.1) is 0 Å². The second kappa shape index (κ2) is 3.61. The van der Waals surface area contributed by atoms with Crippen LogP contribution < -0.4 is 0 Å². The lowest BCUT2D eigenvalue weighted by Gasteiger charge is -1.92. The number of aromatic nitrogens is 1. The van der Waals surface area contributed by atoms with Crippen LogP contribution in [-0.2, 0) is 6.42 Å². The Hall–Kier alpha value is -2.04. The highest BCUT2D eigenvalue weighted by Gasteiger charge is 2.19. The molecule has 0 saturated carbocycles. The van der Waals surface area contributed by atoms with Crippen molar-refractivity contribution in [2.45, 2.75) is 13.3 Å². The van der Waals surface area contributed by atoms with Crippen molar-refractivity contribution in [1.29, 1.82) is 0 Å². The number of hydrogen-bond donors (Lipinski definition) is 1. The fourth-order valence-electron chi connectivity index (χ4n) is 1.26. The van der Waals surface area contributed by atoms with Crippen molar-refractivity contribution in [3.8, 4) is 11.5 Å². The number of oxazole rings is 1. The number of nitrogens with zero attached hydrogens (tertiary/aromatic N) is 1. The molecule has 0 saturated heterocycles. The standard InChI is InChI=1S/C10H9NO4/c1-2-6-3-4-7(15-6)9-8(10(12)13)11-5-14-9/h3-5H,2H2,1H3,(H,12,13). The number of furan rings is 1. The van der Waals surface area contributed by atoms with Crippen molar-refractivity contribution in [3.63, 3.8) is 0 Å². The first-order valence-electron chi connectivity index (χ1n) is 4.48. The lowest BCUT2D eigenvalue weighted by Crippen LogP contribution is -1.97. The van der Waals surface area contributed by atoms with Gasteiger partial charge in [0.25, 0.3) is 0 Å². The summed E-state index contributed by atoms with van der Waals surface area (Å²) in [4.78, 5) is 14.4. The van der Waals surface area contributed by atoms with E-state index in [1.807, 2.05) is 6.92 Å². The van der Waals surface area contributed by atoms with E-state index in [4.69, 9.17) is 13.9 Å². The first kappa shape index (κ1) is 9.51. The fourth-order valence-corrected chi connectivity index (χ4v) is 1.26. The molecule has 0 amide bonds. The van der Waals surface area contributed by atoms with Crippen molar-refractivity contribution in [3.05, 3.63) is 30.0 Å².